The molecule has 1 saturated heterocycles. The summed E-state index contributed by atoms with van der Waals surface area (Å²) >= 11 is 0. The Hall–Kier alpha value is -1.30. The molecule has 1 rings (SSSR count). The van der Waals surface area contributed by atoms with Crippen LogP contribution in [0.3, 0.4) is 0 Å². The minimum Gasteiger partial charge on any atom is -0.480 e. The van der Waals surface area contributed by atoms with Crippen LogP contribution in [0.2, 0.25) is 0 Å². The second-order valence-electron chi connectivity index (χ2n) is 4.02. The number of nitrogens with zero attached hydrogens (tertiary/aromatic N) is 1. The van der Waals surface area contributed by atoms with Crippen molar-refractivity contribution in [3.63, 3.8) is 0 Å². The highest BCUT2D eigenvalue weighted by Gasteiger charge is 2.34. The van der Waals surface area contributed by atoms with Gasteiger partial charge in [0.25, 0.3) is 0 Å². The molecule has 1 aliphatic rings. The quantitative estimate of drug-likeness (QED) is 0.730. The van der Waals surface area contributed by atoms with Gasteiger partial charge in [-0.25, -0.2) is 9.59 Å². The van der Waals surface area contributed by atoms with Gasteiger partial charge >= 0.3 is 12.0 Å². The van der Waals surface area contributed by atoms with E-state index in [9.17, 15) is 9.59 Å². The van der Waals surface area contributed by atoms with Crippen LogP contribution in [0, 0.1) is 0 Å². The van der Waals surface area contributed by atoms with Crippen molar-refractivity contribution in [1.29, 1.82) is 0 Å². The van der Waals surface area contributed by atoms with Gasteiger partial charge in [-0.1, -0.05) is 6.92 Å². The Labute approximate surface area is 94.6 Å². The zero-order chi connectivity index (χ0) is 12.2. The lowest BCUT2D eigenvalue weighted by Gasteiger charge is -2.31. The number of nitrogens with one attached hydrogen (secondary N) is 1. The van der Waals surface area contributed by atoms with E-state index >= 15 is 0 Å². The zero-order valence-electron chi connectivity index (χ0n) is 9.65. The van der Waals surface area contributed by atoms with Crippen molar-refractivity contribution in [3.8, 4) is 0 Å². The molecule has 0 saturated carbocycles. The van der Waals surface area contributed by atoms with Gasteiger partial charge in [0.05, 0.1) is 13.2 Å². The number of carbonyl (C=O) groups excluding carboxylic acids is 1. The Balaban J connectivity index is 2.57. The third-order valence-electron chi connectivity index (χ3n) is 2.86. The fraction of sp³-hybridized carbons (Fsp3) is 0.800. The molecule has 1 fully saturated rings. The molecule has 1 atom stereocenters. The summed E-state index contributed by atoms with van der Waals surface area (Å²) in [5.74, 6) is -1.02. The SMILES string of the molecule is CCC(C)(NC(=O)N1CCOCC1)C(=O)O. The molecule has 6 heteroatoms. The number of amides is 2. The second-order valence-corrected chi connectivity index (χ2v) is 4.02. The minimum atomic E-state index is -1.20. The number of hydrogen-bond acceptors (Lipinski definition) is 3. The van der Waals surface area contributed by atoms with E-state index < -0.39 is 11.5 Å². The van der Waals surface area contributed by atoms with Crippen LogP contribution in [0.1, 0.15) is 20.3 Å². The predicted molar refractivity (Wildman–Crippen MR) is 57.3 cm³/mol. The molecule has 0 aliphatic carbocycles. The number of carboxylic acids is 1. The molecule has 1 heterocycles. The van der Waals surface area contributed by atoms with Gasteiger partial charge in [0.15, 0.2) is 0 Å². The van der Waals surface area contributed by atoms with E-state index in [0.717, 1.165) is 0 Å². The molecular weight excluding hydrogens is 212 g/mol. The second kappa shape index (κ2) is 5.16. The van der Waals surface area contributed by atoms with Crippen LogP contribution in [0.15, 0.2) is 0 Å². The summed E-state index contributed by atoms with van der Waals surface area (Å²) in [5, 5.41) is 11.6. The van der Waals surface area contributed by atoms with Crippen molar-refractivity contribution < 1.29 is 19.4 Å². The molecule has 2 amide bonds. The largest absolute Gasteiger partial charge is 0.480 e. The van der Waals surface area contributed by atoms with Crippen molar-refractivity contribution in [1.82, 2.24) is 10.2 Å². The minimum absolute atomic E-state index is 0.338. The number of aliphatic carboxylic acids is 1. The molecule has 1 aliphatic heterocycles. The van der Waals surface area contributed by atoms with Crippen molar-refractivity contribution in [3.05, 3.63) is 0 Å². The Kier molecular flexibility index (Phi) is 4.12. The first kappa shape index (κ1) is 12.8. The average molecular weight is 230 g/mol. The summed E-state index contributed by atoms with van der Waals surface area (Å²) in [7, 11) is 0. The lowest BCUT2D eigenvalue weighted by Crippen LogP contribution is -2.57. The van der Waals surface area contributed by atoms with Crippen LogP contribution in [0.5, 0.6) is 0 Å². The standard InChI is InChI=1S/C10H18N2O4/c1-3-10(2,8(13)14)11-9(15)12-4-6-16-7-5-12/h3-7H2,1-2H3,(H,11,15)(H,13,14). The Bertz CT molecular complexity index is 276. The van der Waals surface area contributed by atoms with E-state index in [1.165, 1.54) is 6.92 Å². The topological polar surface area (TPSA) is 78.9 Å². The van der Waals surface area contributed by atoms with Crippen LogP contribution in [-0.2, 0) is 9.53 Å². The Morgan fingerprint density at radius 1 is 1.44 bits per heavy atom. The van der Waals surface area contributed by atoms with Gasteiger partial charge in [0.2, 0.25) is 0 Å². The molecular formula is C10H18N2O4. The third kappa shape index (κ3) is 2.85. The van der Waals surface area contributed by atoms with Gasteiger partial charge in [-0.3, -0.25) is 0 Å². The Morgan fingerprint density at radius 2 is 2.00 bits per heavy atom. The normalized spacial score (nSPS) is 20.0. The number of morpholine rings is 1. The van der Waals surface area contributed by atoms with Gasteiger partial charge in [-0.05, 0) is 13.3 Å². The number of ether oxygens (including phenoxy) is 1. The molecule has 0 aromatic rings. The highest BCUT2D eigenvalue weighted by Crippen LogP contribution is 2.10. The number of urea groups is 1. The third-order valence-corrected chi connectivity index (χ3v) is 2.86. The fourth-order valence-corrected chi connectivity index (χ4v) is 1.37. The van der Waals surface area contributed by atoms with Gasteiger partial charge in [-0.2, -0.15) is 0 Å². The molecule has 16 heavy (non-hydrogen) atoms. The summed E-state index contributed by atoms with van der Waals surface area (Å²) in [4.78, 5) is 24.4. The van der Waals surface area contributed by atoms with Crippen molar-refractivity contribution >= 4 is 12.0 Å². The van der Waals surface area contributed by atoms with Gasteiger partial charge in [0.1, 0.15) is 5.54 Å². The van der Waals surface area contributed by atoms with E-state index in [1.807, 2.05) is 0 Å². The summed E-state index contributed by atoms with van der Waals surface area (Å²) in [5.41, 5.74) is -1.20. The van der Waals surface area contributed by atoms with Crippen LogP contribution < -0.4 is 5.32 Å². The molecule has 2 N–H and O–H groups in total. The molecule has 0 bridgehead atoms. The Morgan fingerprint density at radius 3 is 2.44 bits per heavy atom. The number of carboxylic acid groups (broad SMARTS) is 1. The number of rotatable bonds is 3. The molecule has 1 unspecified atom stereocenters. The average Bonchev–Trinajstić information content (AvgIpc) is 2.29. The monoisotopic (exact) mass is 230 g/mol. The van der Waals surface area contributed by atoms with E-state index in [1.54, 1.807) is 11.8 Å². The highest BCUT2D eigenvalue weighted by molar-refractivity contribution is 5.85. The highest BCUT2D eigenvalue weighted by atomic mass is 16.5. The first-order chi connectivity index (χ1) is 7.49. The van der Waals surface area contributed by atoms with Crippen LogP contribution in [0.25, 0.3) is 0 Å². The summed E-state index contributed by atoms with van der Waals surface area (Å²) in [6.07, 6.45) is 0.346. The summed E-state index contributed by atoms with van der Waals surface area (Å²) in [6.45, 7) is 5.25. The summed E-state index contributed by atoms with van der Waals surface area (Å²) < 4.78 is 5.12. The van der Waals surface area contributed by atoms with E-state index in [4.69, 9.17) is 9.84 Å². The van der Waals surface area contributed by atoms with Gasteiger partial charge in [0, 0.05) is 13.1 Å². The first-order valence-electron chi connectivity index (χ1n) is 5.38. The van der Waals surface area contributed by atoms with E-state index in [-0.39, 0.29) is 6.03 Å². The van der Waals surface area contributed by atoms with Crippen LogP contribution >= 0.6 is 0 Å². The molecule has 6 nitrogen and oxygen atoms in total. The van der Waals surface area contributed by atoms with Crippen molar-refractivity contribution in [2.75, 3.05) is 26.3 Å². The molecule has 0 aromatic carbocycles. The maximum Gasteiger partial charge on any atom is 0.329 e. The lowest BCUT2D eigenvalue weighted by molar-refractivity contribution is -0.143. The van der Waals surface area contributed by atoms with Gasteiger partial charge < -0.3 is 20.1 Å². The zero-order valence-corrected chi connectivity index (χ0v) is 9.65. The number of hydrogen-bond donors (Lipinski definition) is 2. The molecule has 0 aromatic heterocycles. The maximum absolute atomic E-state index is 11.8. The van der Waals surface area contributed by atoms with Gasteiger partial charge in [-0.15, -0.1) is 0 Å². The molecule has 0 spiro atoms. The molecule has 0 radical (unpaired) electrons. The van der Waals surface area contributed by atoms with E-state index in [0.29, 0.717) is 32.7 Å². The van der Waals surface area contributed by atoms with Crippen molar-refractivity contribution in [2.45, 2.75) is 25.8 Å². The van der Waals surface area contributed by atoms with Crippen LogP contribution in [0.4, 0.5) is 4.79 Å². The first-order valence-corrected chi connectivity index (χ1v) is 5.38. The fourth-order valence-electron chi connectivity index (χ4n) is 1.37. The number of carbonyl (C=O) groups is 2. The smallest absolute Gasteiger partial charge is 0.329 e. The van der Waals surface area contributed by atoms with E-state index in [2.05, 4.69) is 5.32 Å². The maximum atomic E-state index is 11.8. The summed E-state index contributed by atoms with van der Waals surface area (Å²) in [6, 6.07) is -0.338. The molecule has 92 valence electrons. The van der Waals surface area contributed by atoms with Crippen molar-refractivity contribution in [2.24, 2.45) is 0 Å². The predicted octanol–water partition coefficient (Wildman–Crippen LogP) is 0.281. The van der Waals surface area contributed by atoms with Crippen LogP contribution in [-0.4, -0.2) is 53.8 Å². The lowest BCUT2D eigenvalue weighted by atomic mass is 10.00.